The largest absolute Gasteiger partial charge is 0.347 e. The van der Waals surface area contributed by atoms with E-state index in [4.69, 9.17) is 0 Å². The average molecular weight is 299 g/mol. The van der Waals surface area contributed by atoms with Crippen LogP contribution in [0.2, 0.25) is 0 Å². The average Bonchev–Trinajstić information content (AvgIpc) is 2.90. The normalized spacial score (nSPS) is 18.8. The van der Waals surface area contributed by atoms with E-state index in [1.165, 1.54) is 10.9 Å². The summed E-state index contributed by atoms with van der Waals surface area (Å²) in [4.78, 5) is 12.3. The first-order valence-corrected chi connectivity index (χ1v) is 8.24. The summed E-state index contributed by atoms with van der Waals surface area (Å²) in [5.74, 6) is 0.844. The predicted octanol–water partition coefficient (Wildman–Crippen LogP) is 3.24. The van der Waals surface area contributed by atoms with Crippen molar-refractivity contribution in [2.75, 3.05) is 18.4 Å². The Labute approximate surface area is 131 Å². The monoisotopic (exact) mass is 299 g/mol. The summed E-state index contributed by atoms with van der Waals surface area (Å²) in [6, 6.07) is 8.30. The third-order valence-electron chi connectivity index (χ3n) is 4.27. The minimum absolute atomic E-state index is 0.0926. The zero-order valence-corrected chi connectivity index (χ0v) is 13.4. The number of nitrogens with zero attached hydrogens (tertiary/aromatic N) is 1. The summed E-state index contributed by atoms with van der Waals surface area (Å²) in [7, 11) is 0. The summed E-state index contributed by atoms with van der Waals surface area (Å²) < 4.78 is 2.27. The fourth-order valence-corrected chi connectivity index (χ4v) is 3.15. The molecule has 1 fully saturated rings. The molecule has 0 spiro atoms. The van der Waals surface area contributed by atoms with Crippen molar-refractivity contribution in [2.45, 2.75) is 33.2 Å². The number of carbonyl (C=O) groups excluding carboxylic acids is 1. The number of anilines is 1. The second-order valence-electron chi connectivity index (χ2n) is 6.67. The fourth-order valence-electron chi connectivity index (χ4n) is 3.15. The zero-order valence-electron chi connectivity index (χ0n) is 13.4. The Bertz CT molecular complexity index is 653. The summed E-state index contributed by atoms with van der Waals surface area (Å²) in [5.41, 5.74) is 2.12. The summed E-state index contributed by atoms with van der Waals surface area (Å²) in [6.07, 6.45) is 4.18. The Hall–Kier alpha value is -1.81. The van der Waals surface area contributed by atoms with Crippen LogP contribution in [0.15, 0.2) is 30.5 Å². The van der Waals surface area contributed by atoms with Crippen LogP contribution in [0.3, 0.4) is 0 Å². The van der Waals surface area contributed by atoms with Crippen molar-refractivity contribution >= 4 is 22.5 Å². The lowest BCUT2D eigenvalue weighted by Crippen LogP contribution is -2.37. The lowest BCUT2D eigenvalue weighted by molar-refractivity contribution is -0.120. The first-order chi connectivity index (χ1) is 10.6. The van der Waals surface area contributed by atoms with E-state index < -0.39 is 0 Å². The van der Waals surface area contributed by atoms with Crippen LogP contribution < -0.4 is 10.6 Å². The van der Waals surface area contributed by atoms with Gasteiger partial charge >= 0.3 is 0 Å². The van der Waals surface area contributed by atoms with Crippen molar-refractivity contribution in [1.29, 1.82) is 0 Å². The Balaban J connectivity index is 1.73. The number of rotatable bonds is 4. The molecule has 1 aliphatic heterocycles. The van der Waals surface area contributed by atoms with Gasteiger partial charge in [0.1, 0.15) is 0 Å². The van der Waals surface area contributed by atoms with Gasteiger partial charge in [-0.3, -0.25) is 4.79 Å². The second-order valence-corrected chi connectivity index (χ2v) is 6.67. The third kappa shape index (κ3) is 3.33. The molecule has 0 saturated carbocycles. The quantitative estimate of drug-likeness (QED) is 0.910. The van der Waals surface area contributed by atoms with Gasteiger partial charge in [0, 0.05) is 35.9 Å². The molecule has 2 aromatic rings. The van der Waals surface area contributed by atoms with Gasteiger partial charge in [-0.15, -0.1) is 0 Å². The van der Waals surface area contributed by atoms with Crippen molar-refractivity contribution in [3.05, 3.63) is 30.5 Å². The molecule has 0 bridgehead atoms. The van der Waals surface area contributed by atoms with Crippen LogP contribution in [-0.2, 0) is 11.3 Å². The van der Waals surface area contributed by atoms with E-state index in [-0.39, 0.29) is 11.8 Å². The lowest BCUT2D eigenvalue weighted by atomic mass is 9.99. The van der Waals surface area contributed by atoms with Crippen LogP contribution in [0.4, 0.5) is 5.69 Å². The minimum atomic E-state index is 0.0926. The van der Waals surface area contributed by atoms with Gasteiger partial charge in [-0.25, -0.2) is 0 Å². The van der Waals surface area contributed by atoms with Gasteiger partial charge in [-0.05, 0) is 49.6 Å². The van der Waals surface area contributed by atoms with Crippen LogP contribution in [0.1, 0.15) is 26.7 Å². The van der Waals surface area contributed by atoms with E-state index in [9.17, 15) is 4.79 Å². The van der Waals surface area contributed by atoms with Crippen molar-refractivity contribution in [2.24, 2.45) is 11.8 Å². The van der Waals surface area contributed by atoms with E-state index in [0.29, 0.717) is 5.92 Å². The highest BCUT2D eigenvalue weighted by atomic mass is 16.1. The van der Waals surface area contributed by atoms with Crippen LogP contribution >= 0.6 is 0 Å². The van der Waals surface area contributed by atoms with E-state index in [1.54, 1.807) is 0 Å². The maximum Gasteiger partial charge on any atom is 0.228 e. The first-order valence-electron chi connectivity index (χ1n) is 8.24. The van der Waals surface area contributed by atoms with Gasteiger partial charge in [0.2, 0.25) is 5.91 Å². The molecule has 1 unspecified atom stereocenters. The van der Waals surface area contributed by atoms with Crippen LogP contribution in [-0.4, -0.2) is 23.6 Å². The third-order valence-corrected chi connectivity index (χ3v) is 4.27. The molecule has 1 aromatic carbocycles. The molecule has 1 atom stereocenters. The summed E-state index contributed by atoms with van der Waals surface area (Å²) in [5, 5.41) is 7.53. The number of fused-ring (bicyclic) bond motifs is 1. The maximum atomic E-state index is 12.3. The molecule has 118 valence electrons. The molecule has 3 rings (SSSR count). The van der Waals surface area contributed by atoms with Crippen molar-refractivity contribution in [3.8, 4) is 0 Å². The summed E-state index contributed by atoms with van der Waals surface area (Å²) in [6.45, 7) is 7.28. The Morgan fingerprint density at radius 2 is 2.27 bits per heavy atom. The maximum absolute atomic E-state index is 12.3. The van der Waals surface area contributed by atoms with Crippen LogP contribution in [0, 0.1) is 11.8 Å². The molecule has 22 heavy (non-hydrogen) atoms. The van der Waals surface area contributed by atoms with Crippen molar-refractivity contribution in [3.63, 3.8) is 0 Å². The van der Waals surface area contributed by atoms with Gasteiger partial charge in [-0.1, -0.05) is 13.8 Å². The lowest BCUT2D eigenvalue weighted by Gasteiger charge is -2.21. The Kier molecular flexibility index (Phi) is 4.48. The number of piperidine rings is 1. The van der Waals surface area contributed by atoms with Gasteiger partial charge in [0.15, 0.2) is 0 Å². The highest BCUT2D eigenvalue weighted by molar-refractivity contribution is 5.95. The molecule has 0 radical (unpaired) electrons. The minimum Gasteiger partial charge on any atom is -0.347 e. The molecule has 1 aromatic heterocycles. The van der Waals surface area contributed by atoms with Gasteiger partial charge in [0.05, 0.1) is 5.92 Å². The molecular weight excluding hydrogens is 274 g/mol. The van der Waals surface area contributed by atoms with E-state index in [0.717, 1.165) is 38.2 Å². The number of carbonyl (C=O) groups is 1. The topological polar surface area (TPSA) is 46.1 Å². The smallest absolute Gasteiger partial charge is 0.228 e. The zero-order chi connectivity index (χ0) is 15.5. The van der Waals surface area contributed by atoms with E-state index in [2.05, 4.69) is 53.4 Å². The van der Waals surface area contributed by atoms with E-state index in [1.807, 2.05) is 6.07 Å². The molecule has 2 heterocycles. The molecule has 0 aliphatic carbocycles. The highest BCUT2D eigenvalue weighted by Gasteiger charge is 2.20. The second kappa shape index (κ2) is 6.53. The van der Waals surface area contributed by atoms with Gasteiger partial charge in [-0.2, -0.15) is 0 Å². The fraction of sp³-hybridized carbons (Fsp3) is 0.500. The van der Waals surface area contributed by atoms with Gasteiger partial charge in [0.25, 0.3) is 0 Å². The number of hydrogen-bond acceptors (Lipinski definition) is 2. The highest BCUT2D eigenvalue weighted by Crippen LogP contribution is 2.22. The Morgan fingerprint density at radius 1 is 1.41 bits per heavy atom. The molecule has 1 aliphatic rings. The summed E-state index contributed by atoms with van der Waals surface area (Å²) >= 11 is 0. The number of benzene rings is 1. The molecule has 4 heteroatoms. The predicted molar refractivity (Wildman–Crippen MR) is 91.0 cm³/mol. The van der Waals surface area contributed by atoms with Crippen molar-refractivity contribution in [1.82, 2.24) is 9.88 Å². The van der Waals surface area contributed by atoms with Gasteiger partial charge < -0.3 is 15.2 Å². The van der Waals surface area contributed by atoms with Crippen LogP contribution in [0.5, 0.6) is 0 Å². The molecular formula is C18H25N3O. The molecule has 1 amide bonds. The van der Waals surface area contributed by atoms with Crippen LogP contribution in [0.25, 0.3) is 10.9 Å². The number of amides is 1. The Morgan fingerprint density at radius 3 is 3.00 bits per heavy atom. The molecule has 2 N–H and O–H groups in total. The number of nitrogens with one attached hydrogen (secondary N) is 2. The number of hydrogen-bond donors (Lipinski definition) is 2. The number of aromatic nitrogens is 1. The molecule has 1 saturated heterocycles. The SMILES string of the molecule is CC(C)Cn1ccc2cc(NC(=O)C3CCCNC3)ccc21. The first kappa shape index (κ1) is 15.1. The standard InChI is InChI=1S/C18H25N3O/c1-13(2)12-21-9-7-14-10-16(5-6-17(14)21)20-18(22)15-4-3-8-19-11-15/h5-7,9-10,13,15,19H,3-4,8,11-12H2,1-2H3,(H,20,22). The van der Waals surface area contributed by atoms with Crippen molar-refractivity contribution < 1.29 is 4.79 Å². The molecule has 4 nitrogen and oxygen atoms in total. The van der Waals surface area contributed by atoms with E-state index >= 15 is 0 Å².